The first-order chi connectivity index (χ1) is 10.8. The predicted molar refractivity (Wildman–Crippen MR) is 89.2 cm³/mol. The SMILES string of the molecule is O=C(CCNC(=O)c1cccs1)NCCN1CCCCCC1. The highest BCUT2D eigenvalue weighted by atomic mass is 32.1. The van der Waals surface area contributed by atoms with Crippen molar-refractivity contribution in [3.63, 3.8) is 0 Å². The number of amides is 2. The first-order valence-electron chi connectivity index (χ1n) is 8.06. The molecular formula is C16H25N3O2S. The summed E-state index contributed by atoms with van der Waals surface area (Å²) in [4.78, 5) is 26.5. The molecule has 0 spiro atoms. The fraction of sp³-hybridized carbons (Fsp3) is 0.625. The lowest BCUT2D eigenvalue weighted by Crippen LogP contribution is -2.36. The molecule has 0 aromatic carbocycles. The fourth-order valence-corrected chi connectivity index (χ4v) is 3.23. The second-order valence-corrected chi connectivity index (χ2v) is 6.54. The Kier molecular flexibility index (Phi) is 7.39. The van der Waals surface area contributed by atoms with Crippen LogP contribution in [0.3, 0.4) is 0 Å². The van der Waals surface area contributed by atoms with Gasteiger partial charge < -0.3 is 15.5 Å². The van der Waals surface area contributed by atoms with E-state index in [4.69, 9.17) is 0 Å². The summed E-state index contributed by atoms with van der Waals surface area (Å²) in [5.74, 6) is -0.103. The first-order valence-corrected chi connectivity index (χ1v) is 8.94. The lowest BCUT2D eigenvalue weighted by Gasteiger charge is -2.19. The minimum Gasteiger partial charge on any atom is -0.355 e. The molecule has 1 aliphatic rings. The molecule has 5 nitrogen and oxygen atoms in total. The molecule has 1 saturated heterocycles. The first kappa shape index (κ1) is 17.0. The van der Waals surface area contributed by atoms with Gasteiger partial charge >= 0.3 is 0 Å². The van der Waals surface area contributed by atoms with Crippen LogP contribution in [0.1, 0.15) is 41.8 Å². The highest BCUT2D eigenvalue weighted by Gasteiger charge is 2.10. The van der Waals surface area contributed by atoms with Gasteiger partial charge in [-0.3, -0.25) is 9.59 Å². The molecule has 6 heteroatoms. The number of hydrogen-bond acceptors (Lipinski definition) is 4. The van der Waals surface area contributed by atoms with Crippen molar-refractivity contribution in [3.05, 3.63) is 22.4 Å². The van der Waals surface area contributed by atoms with Crippen LogP contribution < -0.4 is 10.6 Å². The molecular weight excluding hydrogens is 298 g/mol. The van der Waals surface area contributed by atoms with Crippen LogP contribution in [0.25, 0.3) is 0 Å². The number of carbonyl (C=O) groups excluding carboxylic acids is 2. The summed E-state index contributed by atoms with van der Waals surface area (Å²) in [5.41, 5.74) is 0. The maximum Gasteiger partial charge on any atom is 0.261 e. The molecule has 1 aliphatic heterocycles. The molecule has 1 fully saturated rings. The molecule has 0 unspecified atom stereocenters. The highest BCUT2D eigenvalue weighted by Crippen LogP contribution is 2.09. The molecule has 22 heavy (non-hydrogen) atoms. The van der Waals surface area contributed by atoms with Crippen LogP contribution >= 0.6 is 11.3 Å². The number of hydrogen-bond donors (Lipinski definition) is 2. The van der Waals surface area contributed by atoms with Crippen LogP contribution in [-0.2, 0) is 4.79 Å². The van der Waals surface area contributed by atoms with Crippen molar-refractivity contribution in [2.24, 2.45) is 0 Å². The van der Waals surface area contributed by atoms with E-state index in [0.717, 1.165) is 19.6 Å². The lowest BCUT2D eigenvalue weighted by atomic mass is 10.2. The van der Waals surface area contributed by atoms with Crippen molar-refractivity contribution in [3.8, 4) is 0 Å². The molecule has 1 aromatic rings. The smallest absolute Gasteiger partial charge is 0.261 e. The Balaban J connectivity index is 1.53. The summed E-state index contributed by atoms with van der Waals surface area (Å²) in [6.45, 7) is 4.29. The third-order valence-electron chi connectivity index (χ3n) is 3.83. The van der Waals surface area contributed by atoms with Gasteiger partial charge in [-0.05, 0) is 37.4 Å². The van der Waals surface area contributed by atoms with Gasteiger partial charge in [0.15, 0.2) is 0 Å². The third kappa shape index (κ3) is 6.15. The Morgan fingerprint density at radius 1 is 1.09 bits per heavy atom. The number of carbonyl (C=O) groups is 2. The topological polar surface area (TPSA) is 61.4 Å². The molecule has 0 aliphatic carbocycles. The van der Waals surface area contributed by atoms with Crippen molar-refractivity contribution in [2.45, 2.75) is 32.1 Å². The molecule has 1 aromatic heterocycles. The Morgan fingerprint density at radius 2 is 1.86 bits per heavy atom. The summed E-state index contributed by atoms with van der Waals surface area (Å²) >= 11 is 1.40. The lowest BCUT2D eigenvalue weighted by molar-refractivity contribution is -0.121. The average Bonchev–Trinajstić information content (AvgIpc) is 2.93. The summed E-state index contributed by atoms with van der Waals surface area (Å²) in [6, 6.07) is 3.62. The summed E-state index contributed by atoms with van der Waals surface area (Å²) < 4.78 is 0. The standard InChI is InChI=1S/C16H25N3O2S/c20-15(7-8-18-16(21)14-6-5-13-22-14)17-9-12-19-10-3-1-2-4-11-19/h5-6,13H,1-4,7-12H2,(H,17,20)(H,18,21). The van der Waals surface area contributed by atoms with Gasteiger partial charge in [0.25, 0.3) is 5.91 Å². The van der Waals surface area contributed by atoms with Gasteiger partial charge in [-0.2, -0.15) is 0 Å². The zero-order valence-electron chi connectivity index (χ0n) is 13.0. The number of likely N-dealkylation sites (tertiary alicyclic amines) is 1. The van der Waals surface area contributed by atoms with Gasteiger partial charge in [0.05, 0.1) is 4.88 Å². The van der Waals surface area contributed by atoms with E-state index < -0.39 is 0 Å². The van der Waals surface area contributed by atoms with E-state index in [1.165, 1.54) is 37.0 Å². The van der Waals surface area contributed by atoms with Gasteiger partial charge in [0.2, 0.25) is 5.91 Å². The largest absolute Gasteiger partial charge is 0.355 e. The molecule has 2 N–H and O–H groups in total. The van der Waals surface area contributed by atoms with Crippen molar-refractivity contribution < 1.29 is 9.59 Å². The third-order valence-corrected chi connectivity index (χ3v) is 4.70. The molecule has 2 heterocycles. The van der Waals surface area contributed by atoms with E-state index in [1.54, 1.807) is 6.07 Å². The van der Waals surface area contributed by atoms with E-state index in [9.17, 15) is 9.59 Å². The molecule has 0 radical (unpaired) electrons. The van der Waals surface area contributed by atoms with Gasteiger partial charge in [0.1, 0.15) is 0 Å². The maximum absolute atomic E-state index is 11.7. The Bertz CT molecular complexity index is 454. The van der Waals surface area contributed by atoms with Crippen LogP contribution in [0.5, 0.6) is 0 Å². The molecule has 0 saturated carbocycles. The molecule has 0 atom stereocenters. The number of thiophene rings is 1. The fourth-order valence-electron chi connectivity index (χ4n) is 2.59. The van der Waals surface area contributed by atoms with Gasteiger partial charge in [-0.25, -0.2) is 0 Å². The summed E-state index contributed by atoms with van der Waals surface area (Å²) in [5, 5.41) is 7.56. The van der Waals surface area contributed by atoms with E-state index in [0.29, 0.717) is 24.4 Å². The van der Waals surface area contributed by atoms with Crippen LogP contribution in [0.15, 0.2) is 17.5 Å². The van der Waals surface area contributed by atoms with Crippen LogP contribution in [0.2, 0.25) is 0 Å². The number of nitrogens with zero attached hydrogens (tertiary/aromatic N) is 1. The molecule has 2 amide bonds. The quantitative estimate of drug-likeness (QED) is 0.805. The molecule has 0 bridgehead atoms. The second-order valence-electron chi connectivity index (χ2n) is 5.59. The van der Waals surface area contributed by atoms with Gasteiger partial charge in [0, 0.05) is 26.1 Å². The van der Waals surface area contributed by atoms with Crippen LogP contribution in [0, 0.1) is 0 Å². The van der Waals surface area contributed by atoms with E-state index in [1.807, 2.05) is 11.4 Å². The van der Waals surface area contributed by atoms with Gasteiger partial charge in [-0.15, -0.1) is 11.3 Å². The maximum atomic E-state index is 11.7. The zero-order chi connectivity index (χ0) is 15.6. The van der Waals surface area contributed by atoms with Crippen molar-refractivity contribution >= 4 is 23.2 Å². The molecule has 122 valence electrons. The highest BCUT2D eigenvalue weighted by molar-refractivity contribution is 7.12. The average molecular weight is 323 g/mol. The predicted octanol–water partition coefficient (Wildman–Crippen LogP) is 1.86. The van der Waals surface area contributed by atoms with Crippen LogP contribution in [-0.4, -0.2) is 49.4 Å². The Labute approximate surface area is 136 Å². The van der Waals surface area contributed by atoms with E-state index in [2.05, 4.69) is 15.5 Å². The van der Waals surface area contributed by atoms with Crippen LogP contribution in [0.4, 0.5) is 0 Å². The van der Waals surface area contributed by atoms with Gasteiger partial charge in [-0.1, -0.05) is 18.9 Å². The van der Waals surface area contributed by atoms with E-state index >= 15 is 0 Å². The zero-order valence-corrected chi connectivity index (χ0v) is 13.8. The van der Waals surface area contributed by atoms with E-state index in [-0.39, 0.29) is 11.8 Å². The summed E-state index contributed by atoms with van der Waals surface area (Å²) in [6.07, 6.45) is 5.52. The van der Waals surface area contributed by atoms with Crippen molar-refractivity contribution in [1.29, 1.82) is 0 Å². The minimum atomic E-state index is -0.104. The molecule has 2 rings (SSSR count). The number of rotatable bonds is 7. The van der Waals surface area contributed by atoms with Crippen molar-refractivity contribution in [2.75, 3.05) is 32.7 Å². The summed E-state index contributed by atoms with van der Waals surface area (Å²) in [7, 11) is 0. The minimum absolute atomic E-state index is 0.00121. The second kappa shape index (κ2) is 9.58. The Morgan fingerprint density at radius 3 is 2.55 bits per heavy atom. The number of nitrogens with one attached hydrogen (secondary N) is 2. The normalized spacial score (nSPS) is 16.0. The van der Waals surface area contributed by atoms with Crippen molar-refractivity contribution in [1.82, 2.24) is 15.5 Å². The monoisotopic (exact) mass is 323 g/mol. The Hall–Kier alpha value is -1.40.